The van der Waals surface area contributed by atoms with Gasteiger partial charge >= 0.3 is 12.0 Å². The maximum atomic E-state index is 12.2. The lowest BCUT2D eigenvalue weighted by atomic mass is 10.1. The fourth-order valence-electron chi connectivity index (χ4n) is 2.62. The van der Waals surface area contributed by atoms with Crippen molar-refractivity contribution in [2.24, 2.45) is 7.05 Å². The third kappa shape index (κ3) is 4.21. The zero-order valence-corrected chi connectivity index (χ0v) is 12.3. The number of likely N-dealkylation sites (tertiary alicyclic amines) is 1. The van der Waals surface area contributed by atoms with E-state index in [0.717, 1.165) is 24.8 Å². The molecule has 1 aliphatic heterocycles. The summed E-state index contributed by atoms with van der Waals surface area (Å²) >= 11 is 0. The van der Waals surface area contributed by atoms with Crippen molar-refractivity contribution in [2.45, 2.75) is 38.1 Å². The largest absolute Gasteiger partial charge is 0.480 e. The van der Waals surface area contributed by atoms with Gasteiger partial charge in [0.1, 0.15) is 6.04 Å². The van der Waals surface area contributed by atoms with Crippen molar-refractivity contribution in [1.29, 1.82) is 0 Å². The summed E-state index contributed by atoms with van der Waals surface area (Å²) in [5.41, 5.74) is 1.04. The van der Waals surface area contributed by atoms with E-state index in [1.54, 1.807) is 10.9 Å². The number of carbonyl (C=O) groups is 2. The number of hydrogen-bond donors (Lipinski definition) is 2. The molecular formula is C14H22N4O3. The van der Waals surface area contributed by atoms with Crippen molar-refractivity contribution < 1.29 is 14.7 Å². The lowest BCUT2D eigenvalue weighted by Gasteiger charge is -2.27. The molecule has 1 atom stereocenters. The summed E-state index contributed by atoms with van der Waals surface area (Å²) in [6.45, 7) is 0.989. The first kappa shape index (κ1) is 15.3. The lowest BCUT2D eigenvalue weighted by molar-refractivity contribution is -0.142. The van der Waals surface area contributed by atoms with Gasteiger partial charge in [0.15, 0.2) is 0 Å². The molecule has 7 heteroatoms. The third-order valence-corrected chi connectivity index (χ3v) is 3.75. The molecule has 0 saturated carbocycles. The van der Waals surface area contributed by atoms with Crippen molar-refractivity contribution in [3.8, 4) is 0 Å². The topological polar surface area (TPSA) is 87.5 Å². The maximum Gasteiger partial charge on any atom is 0.326 e. The molecule has 0 aromatic carbocycles. The van der Waals surface area contributed by atoms with Gasteiger partial charge in [-0.1, -0.05) is 12.8 Å². The van der Waals surface area contributed by atoms with E-state index in [2.05, 4.69) is 10.4 Å². The van der Waals surface area contributed by atoms with Gasteiger partial charge in [-0.3, -0.25) is 4.68 Å². The Labute approximate surface area is 123 Å². The Kier molecular flexibility index (Phi) is 5.19. The molecule has 116 valence electrons. The monoisotopic (exact) mass is 294 g/mol. The molecule has 21 heavy (non-hydrogen) atoms. The van der Waals surface area contributed by atoms with E-state index in [1.165, 1.54) is 4.90 Å². The van der Waals surface area contributed by atoms with Crippen LogP contribution in [0.1, 0.15) is 31.2 Å². The fourth-order valence-corrected chi connectivity index (χ4v) is 2.62. The number of aryl methyl sites for hydroxylation is 1. The van der Waals surface area contributed by atoms with Gasteiger partial charge in [-0.05, 0) is 24.8 Å². The second-order valence-corrected chi connectivity index (χ2v) is 5.40. The quantitative estimate of drug-likeness (QED) is 0.867. The van der Waals surface area contributed by atoms with E-state index in [4.69, 9.17) is 0 Å². The molecular weight excluding hydrogens is 272 g/mol. The first-order chi connectivity index (χ1) is 10.1. The predicted molar refractivity (Wildman–Crippen MR) is 76.9 cm³/mol. The van der Waals surface area contributed by atoms with Crippen molar-refractivity contribution in [2.75, 3.05) is 13.1 Å². The standard InChI is InChI=1S/C14H22N4O3/c1-17-10-11(9-16-17)6-7-15-14(21)18-8-4-2-3-5-12(18)13(19)20/h9-10,12H,2-8H2,1H3,(H,15,21)(H,19,20). The van der Waals surface area contributed by atoms with Crippen LogP contribution in [0.4, 0.5) is 4.79 Å². The van der Waals surface area contributed by atoms with Crippen molar-refractivity contribution in [3.05, 3.63) is 18.0 Å². The third-order valence-electron chi connectivity index (χ3n) is 3.75. The first-order valence-corrected chi connectivity index (χ1v) is 7.32. The van der Waals surface area contributed by atoms with Crippen LogP contribution in [-0.2, 0) is 18.3 Å². The smallest absolute Gasteiger partial charge is 0.326 e. The molecule has 1 saturated heterocycles. The number of aromatic nitrogens is 2. The number of carboxylic acid groups (broad SMARTS) is 1. The van der Waals surface area contributed by atoms with Crippen LogP contribution >= 0.6 is 0 Å². The maximum absolute atomic E-state index is 12.2. The fraction of sp³-hybridized carbons (Fsp3) is 0.643. The van der Waals surface area contributed by atoms with E-state index in [1.807, 2.05) is 13.2 Å². The highest BCUT2D eigenvalue weighted by Crippen LogP contribution is 2.17. The summed E-state index contributed by atoms with van der Waals surface area (Å²) in [4.78, 5) is 24.9. The Morgan fingerprint density at radius 2 is 2.24 bits per heavy atom. The van der Waals surface area contributed by atoms with Crippen molar-refractivity contribution >= 4 is 12.0 Å². The summed E-state index contributed by atoms with van der Waals surface area (Å²) in [5.74, 6) is -0.917. The molecule has 0 radical (unpaired) electrons. The molecule has 1 unspecified atom stereocenters. The van der Waals surface area contributed by atoms with Crippen LogP contribution in [0.25, 0.3) is 0 Å². The second kappa shape index (κ2) is 7.10. The average molecular weight is 294 g/mol. The highest BCUT2D eigenvalue weighted by Gasteiger charge is 2.30. The molecule has 0 aliphatic carbocycles. The minimum atomic E-state index is -0.917. The van der Waals surface area contributed by atoms with E-state index < -0.39 is 12.0 Å². The van der Waals surface area contributed by atoms with Gasteiger partial charge < -0.3 is 15.3 Å². The van der Waals surface area contributed by atoms with Gasteiger partial charge in [-0.2, -0.15) is 5.10 Å². The number of nitrogens with one attached hydrogen (secondary N) is 1. The number of rotatable bonds is 4. The van der Waals surface area contributed by atoms with Gasteiger partial charge in [0.25, 0.3) is 0 Å². The Hall–Kier alpha value is -2.05. The Morgan fingerprint density at radius 1 is 1.43 bits per heavy atom. The molecule has 1 aromatic rings. The van der Waals surface area contributed by atoms with Crippen LogP contribution in [-0.4, -0.2) is 50.9 Å². The van der Waals surface area contributed by atoms with Crippen LogP contribution in [0.15, 0.2) is 12.4 Å². The average Bonchev–Trinajstić information content (AvgIpc) is 2.72. The highest BCUT2D eigenvalue weighted by atomic mass is 16.4. The summed E-state index contributed by atoms with van der Waals surface area (Å²) in [6, 6.07) is -0.987. The SMILES string of the molecule is Cn1cc(CCNC(=O)N2CCCCCC2C(=O)O)cn1. The molecule has 2 heterocycles. The summed E-state index contributed by atoms with van der Waals surface area (Å²) < 4.78 is 1.71. The van der Waals surface area contributed by atoms with Crippen LogP contribution in [0.3, 0.4) is 0 Å². The number of aliphatic carboxylic acids is 1. The van der Waals surface area contributed by atoms with Crippen LogP contribution in [0.5, 0.6) is 0 Å². The highest BCUT2D eigenvalue weighted by molar-refractivity contribution is 5.82. The normalized spacial score (nSPS) is 19.1. The molecule has 0 spiro atoms. The molecule has 0 bridgehead atoms. The van der Waals surface area contributed by atoms with Gasteiger partial charge in [-0.25, -0.2) is 9.59 Å². The van der Waals surface area contributed by atoms with Crippen LogP contribution in [0.2, 0.25) is 0 Å². The molecule has 1 fully saturated rings. The number of urea groups is 1. The van der Waals surface area contributed by atoms with Gasteiger partial charge in [0, 0.05) is 26.3 Å². The first-order valence-electron chi connectivity index (χ1n) is 7.32. The van der Waals surface area contributed by atoms with E-state index >= 15 is 0 Å². The molecule has 2 amide bonds. The number of hydrogen-bond acceptors (Lipinski definition) is 3. The van der Waals surface area contributed by atoms with E-state index in [9.17, 15) is 14.7 Å². The van der Waals surface area contributed by atoms with E-state index in [-0.39, 0.29) is 6.03 Å². The molecule has 2 rings (SSSR count). The molecule has 2 N–H and O–H groups in total. The summed E-state index contributed by atoms with van der Waals surface area (Å²) in [7, 11) is 1.84. The van der Waals surface area contributed by atoms with Gasteiger partial charge in [0.05, 0.1) is 6.20 Å². The molecule has 7 nitrogen and oxygen atoms in total. The van der Waals surface area contributed by atoms with Gasteiger partial charge in [0.2, 0.25) is 0 Å². The number of carbonyl (C=O) groups excluding carboxylic acids is 1. The zero-order chi connectivity index (χ0) is 15.2. The summed E-state index contributed by atoms with van der Waals surface area (Å²) in [6.07, 6.45) is 7.58. The minimum absolute atomic E-state index is 0.284. The van der Waals surface area contributed by atoms with Gasteiger partial charge in [-0.15, -0.1) is 0 Å². The molecule has 1 aliphatic rings. The Bertz CT molecular complexity index is 500. The lowest BCUT2D eigenvalue weighted by Crippen LogP contribution is -2.49. The van der Waals surface area contributed by atoms with Crippen molar-refractivity contribution in [1.82, 2.24) is 20.0 Å². The number of carboxylic acids is 1. The summed E-state index contributed by atoms with van der Waals surface area (Å²) in [5, 5.41) is 16.1. The number of nitrogens with zero attached hydrogens (tertiary/aromatic N) is 3. The minimum Gasteiger partial charge on any atom is -0.480 e. The van der Waals surface area contributed by atoms with E-state index in [0.29, 0.717) is 25.9 Å². The zero-order valence-electron chi connectivity index (χ0n) is 12.3. The number of amides is 2. The Balaban J connectivity index is 1.86. The van der Waals surface area contributed by atoms with Crippen molar-refractivity contribution in [3.63, 3.8) is 0 Å². The Morgan fingerprint density at radius 3 is 2.90 bits per heavy atom. The predicted octanol–water partition coefficient (Wildman–Crippen LogP) is 1.00. The van der Waals surface area contributed by atoms with Crippen LogP contribution in [0, 0.1) is 0 Å². The second-order valence-electron chi connectivity index (χ2n) is 5.40. The molecule has 1 aromatic heterocycles. The van der Waals surface area contributed by atoms with Crippen LogP contribution < -0.4 is 5.32 Å².